The molecule has 2 saturated heterocycles. The zero-order valence-electron chi connectivity index (χ0n) is 36.7. The number of aromatic nitrogens is 6. The Kier molecular flexibility index (Phi) is 15.2. The first kappa shape index (κ1) is 47.5. The van der Waals surface area contributed by atoms with E-state index in [0.717, 1.165) is 11.1 Å². The number of aryl methyl sites for hydroxylation is 2. The minimum atomic E-state index is -5.64. The Morgan fingerprint density at radius 2 is 1.11 bits per heavy atom. The molecule has 6 aromatic rings. The number of morpholine rings is 2. The number of ether oxygens (including phenoxy) is 2. The Hall–Kier alpha value is -5.50. The quantitative estimate of drug-likeness (QED) is 0.0697. The fraction of sp³-hybridized carbons (Fsp3) is 0.238. The fourth-order valence-corrected chi connectivity index (χ4v) is 9.45. The van der Waals surface area contributed by atoms with Crippen LogP contribution in [0.5, 0.6) is 0 Å². The van der Waals surface area contributed by atoms with E-state index in [1.165, 1.54) is 29.5 Å². The van der Waals surface area contributed by atoms with Gasteiger partial charge in [-0.3, -0.25) is 14.1 Å². The van der Waals surface area contributed by atoms with Crippen LogP contribution in [0.25, 0.3) is 12.2 Å². The van der Waals surface area contributed by atoms with Gasteiger partial charge in [-0.05, 0) is 65.7 Å². The molecule has 0 atom stereocenters. The van der Waals surface area contributed by atoms with Crippen molar-refractivity contribution in [3.63, 3.8) is 0 Å². The Bertz CT molecular complexity index is 2860. The summed E-state index contributed by atoms with van der Waals surface area (Å²) in [5.74, 6) is 0.0385. The number of nitrogens with one attached hydrogen (secondary N) is 2. The molecule has 0 bridgehead atoms. The Morgan fingerprint density at radius 3 is 1.58 bits per heavy atom. The second kappa shape index (κ2) is 20.8. The van der Waals surface area contributed by atoms with Crippen LogP contribution in [0, 0.1) is 13.8 Å². The molecule has 8 rings (SSSR count). The van der Waals surface area contributed by atoms with Crippen molar-refractivity contribution in [1.82, 2.24) is 40.8 Å². The molecule has 4 heterocycles. The molecule has 0 amide bonds. The van der Waals surface area contributed by atoms with Crippen molar-refractivity contribution in [3.8, 4) is 0 Å². The summed E-state index contributed by atoms with van der Waals surface area (Å²) >= 11 is 0. The van der Waals surface area contributed by atoms with Crippen LogP contribution in [-0.4, -0.2) is 119 Å². The van der Waals surface area contributed by atoms with Crippen molar-refractivity contribution in [1.29, 1.82) is 0 Å². The molecule has 0 spiro atoms. The van der Waals surface area contributed by atoms with Gasteiger partial charge in [-0.1, -0.05) is 77.9 Å². The molecule has 65 heavy (non-hydrogen) atoms. The summed E-state index contributed by atoms with van der Waals surface area (Å²) < 4.78 is 90.6. The monoisotopic (exact) mass is 932 g/mol. The predicted octanol–water partition coefficient (Wildman–Crippen LogP) is 2.71. The molecule has 4 aromatic carbocycles. The van der Waals surface area contributed by atoms with E-state index in [2.05, 4.69) is 41.5 Å². The number of benzene rings is 4. The minimum Gasteiger partial charge on any atom is -1.00 e. The number of rotatable bonds is 14. The second-order valence-corrected chi connectivity index (χ2v) is 17.5. The van der Waals surface area contributed by atoms with Gasteiger partial charge in [-0.2, -0.15) is 16.8 Å². The average Bonchev–Trinajstić information content (AvgIpc) is 3.29. The van der Waals surface area contributed by atoms with Crippen LogP contribution >= 0.6 is 0 Å². The van der Waals surface area contributed by atoms with E-state index in [4.69, 9.17) is 9.47 Å². The van der Waals surface area contributed by atoms with Crippen molar-refractivity contribution < 1.29 is 66.4 Å². The summed E-state index contributed by atoms with van der Waals surface area (Å²) in [4.78, 5) is -2.27. The smallest absolute Gasteiger partial charge is 1.00 e. The van der Waals surface area contributed by atoms with Gasteiger partial charge < -0.3 is 21.5 Å². The predicted molar refractivity (Wildman–Crippen MR) is 240 cm³/mol. The molecule has 20 nitrogen and oxygen atoms in total. The number of nitrogens with zero attached hydrogens (tertiary/aromatic N) is 10. The van der Waals surface area contributed by atoms with E-state index in [9.17, 15) is 25.9 Å². The first-order valence-electron chi connectivity index (χ1n) is 20.0. The van der Waals surface area contributed by atoms with Gasteiger partial charge in [-0.15, -0.1) is 20.4 Å². The van der Waals surface area contributed by atoms with Crippen LogP contribution in [0.1, 0.15) is 23.7 Å². The Balaban J connectivity index is 0.00000360. The first-order valence-corrected chi connectivity index (χ1v) is 22.9. The summed E-state index contributed by atoms with van der Waals surface area (Å²) in [5.41, 5.74) is 3.61. The van der Waals surface area contributed by atoms with Gasteiger partial charge in [0.2, 0.25) is 0 Å². The second-order valence-electron chi connectivity index (χ2n) is 14.8. The molecule has 2 aliphatic heterocycles. The number of hydrogen-bond acceptors (Lipinski definition) is 18. The third-order valence-electron chi connectivity index (χ3n) is 10.3. The van der Waals surface area contributed by atoms with Gasteiger partial charge in [0.1, 0.15) is 26.9 Å². The molecule has 2 aromatic heterocycles. The van der Waals surface area contributed by atoms with Gasteiger partial charge in [0, 0.05) is 37.6 Å². The van der Waals surface area contributed by atoms with Crippen molar-refractivity contribution in [2.75, 3.05) is 73.3 Å². The Morgan fingerprint density at radius 1 is 0.646 bits per heavy atom. The Labute approximate surface area is 399 Å². The molecule has 23 heteroatoms. The van der Waals surface area contributed by atoms with Crippen molar-refractivity contribution in [2.45, 2.75) is 23.6 Å². The van der Waals surface area contributed by atoms with Crippen molar-refractivity contribution in [3.05, 3.63) is 120 Å². The van der Waals surface area contributed by atoms with Crippen molar-refractivity contribution >= 4 is 78.1 Å². The van der Waals surface area contributed by atoms with Crippen LogP contribution in [0.15, 0.2) is 107 Å². The van der Waals surface area contributed by atoms with Crippen molar-refractivity contribution in [2.24, 2.45) is 0 Å². The zero-order chi connectivity index (χ0) is 44.8. The van der Waals surface area contributed by atoms with E-state index in [1.54, 1.807) is 46.4 Å². The SMILES string of the molecule is Cc1ccc(Nc2cnnnc2N(c2cc(C=Cc3ccccc3)c(S(=O)(=O)O)c(S(=O)(=O)O)c2N(c2nnncc2Nc2ccc(C)cc2)N2CCOCC2)N2CCOCC2)cc1.[H-].[Na+]. The van der Waals surface area contributed by atoms with Crippen LogP contribution < -0.4 is 50.2 Å². The maximum absolute atomic E-state index is 14.3. The maximum Gasteiger partial charge on any atom is 1.00 e. The molecular formula is C42H45N12NaO8S2. The third-order valence-corrected chi connectivity index (χ3v) is 12.3. The van der Waals surface area contributed by atoms with E-state index in [1.807, 2.05) is 67.4 Å². The van der Waals surface area contributed by atoms with E-state index in [-0.39, 0.29) is 112 Å². The fourth-order valence-electron chi connectivity index (χ4n) is 7.27. The molecule has 2 fully saturated rings. The van der Waals surface area contributed by atoms with Gasteiger partial charge in [0.25, 0.3) is 20.2 Å². The summed E-state index contributed by atoms with van der Waals surface area (Å²) in [6, 6.07) is 25.2. The standard InChI is InChI=1S/C42H44N12O8S2.Na.H/c1-29-8-14-33(15-9-29)45-35-27-43-49-47-41(35)53(51-18-22-61-23-19-51)37-26-32(13-12-31-6-4-3-5-7-31)39(63(55,56)57)40(64(58,59)60)38(37)54(52-20-24-62-25-21-52)42-36(28-44-50-48-42)46-34-16-10-30(2)11-17-34;;/h3-17,26-28H,18-25H2,1-2H3,(H,45,49)(H,46,50)(H,55,56,57)(H,58,59,60);;/q;+1;-1. The summed E-state index contributed by atoms with van der Waals surface area (Å²) in [7, 11) is -11.1. The molecule has 2 aliphatic rings. The number of anilines is 8. The first-order chi connectivity index (χ1) is 30.8. The normalized spacial score (nSPS) is 15.0. The summed E-state index contributed by atoms with van der Waals surface area (Å²) in [5, 5.41) is 38.1. The molecular weight excluding hydrogens is 888 g/mol. The van der Waals surface area contributed by atoms with Gasteiger partial charge in [0.05, 0.1) is 44.5 Å². The number of hydrogen-bond donors (Lipinski definition) is 4. The van der Waals surface area contributed by atoms with Crippen LogP contribution in [0.2, 0.25) is 0 Å². The van der Waals surface area contributed by atoms with Crippen LogP contribution in [0.3, 0.4) is 0 Å². The van der Waals surface area contributed by atoms with E-state index in [0.29, 0.717) is 22.6 Å². The average molecular weight is 933 g/mol. The zero-order valence-corrected chi connectivity index (χ0v) is 39.3. The van der Waals surface area contributed by atoms with Crippen LogP contribution in [-0.2, 0) is 29.7 Å². The molecule has 4 N–H and O–H groups in total. The largest absolute Gasteiger partial charge is 1.00 e. The minimum absolute atomic E-state index is 0. The van der Waals surface area contributed by atoms with Crippen LogP contribution in [0.4, 0.5) is 45.8 Å². The molecule has 0 unspecified atom stereocenters. The van der Waals surface area contributed by atoms with Gasteiger partial charge in [-0.25, -0.2) is 15.0 Å². The van der Waals surface area contributed by atoms with E-state index < -0.39 is 35.7 Å². The third kappa shape index (κ3) is 11.1. The topological polar surface area (TPSA) is 242 Å². The molecule has 0 saturated carbocycles. The molecule has 334 valence electrons. The number of hydrazine groups is 2. The van der Waals surface area contributed by atoms with Gasteiger partial charge >= 0.3 is 29.6 Å². The molecule has 0 aliphatic carbocycles. The van der Waals surface area contributed by atoms with E-state index >= 15 is 0 Å². The summed E-state index contributed by atoms with van der Waals surface area (Å²) in [6.07, 6.45) is 5.71. The molecule has 0 radical (unpaired) electrons. The summed E-state index contributed by atoms with van der Waals surface area (Å²) in [6.45, 7) is 5.32. The maximum atomic E-state index is 14.3. The van der Waals surface area contributed by atoms with Gasteiger partial charge in [0.15, 0.2) is 11.6 Å².